The molecule has 32 heavy (non-hydrogen) atoms. The number of rotatable bonds is 7. The summed E-state index contributed by atoms with van der Waals surface area (Å²) in [5.74, 6) is -1.15. The zero-order valence-electron chi connectivity index (χ0n) is 17.9. The summed E-state index contributed by atoms with van der Waals surface area (Å²) in [5, 5.41) is 9.33. The van der Waals surface area contributed by atoms with Crippen LogP contribution in [0.15, 0.2) is 48.9 Å². The van der Waals surface area contributed by atoms with Crippen LogP contribution in [0.25, 0.3) is 11.3 Å². The van der Waals surface area contributed by atoms with Crippen LogP contribution in [0.5, 0.6) is 5.88 Å². The third-order valence-corrected chi connectivity index (χ3v) is 5.43. The Morgan fingerprint density at radius 1 is 1.12 bits per heavy atom. The molecule has 6 nitrogen and oxygen atoms in total. The normalized spacial score (nSPS) is 12.2. The van der Waals surface area contributed by atoms with Gasteiger partial charge in [-0.25, -0.2) is 13.8 Å². The Labute approximate surface area is 189 Å². The van der Waals surface area contributed by atoms with Crippen LogP contribution in [0.3, 0.4) is 0 Å². The SMILES string of the molecule is CCn1cc(Cc2cn(C)nc2-c2ccc(F)cc2[C@@H](C)Oc2ncccc2F)c(Cl)n1. The second kappa shape index (κ2) is 9.08. The molecule has 0 radical (unpaired) electrons. The minimum absolute atomic E-state index is 0.143. The first-order valence-electron chi connectivity index (χ1n) is 10.2. The van der Waals surface area contributed by atoms with Crippen LogP contribution in [0.2, 0.25) is 5.15 Å². The Balaban J connectivity index is 1.73. The van der Waals surface area contributed by atoms with Crippen molar-refractivity contribution in [3.05, 3.63) is 82.4 Å². The quantitative estimate of drug-likeness (QED) is 0.375. The van der Waals surface area contributed by atoms with Crippen molar-refractivity contribution in [2.24, 2.45) is 7.05 Å². The predicted octanol–water partition coefficient (Wildman–Crippen LogP) is 5.36. The van der Waals surface area contributed by atoms with Crippen LogP contribution in [0.4, 0.5) is 8.78 Å². The minimum atomic E-state index is -0.675. The van der Waals surface area contributed by atoms with Crippen molar-refractivity contribution in [3.63, 3.8) is 0 Å². The summed E-state index contributed by atoms with van der Waals surface area (Å²) in [6.07, 6.45) is 5.07. The summed E-state index contributed by atoms with van der Waals surface area (Å²) in [5.41, 5.74) is 3.65. The van der Waals surface area contributed by atoms with E-state index in [1.165, 1.54) is 30.5 Å². The summed E-state index contributed by atoms with van der Waals surface area (Å²) in [7, 11) is 1.82. The van der Waals surface area contributed by atoms with Gasteiger partial charge in [0.2, 0.25) is 0 Å². The molecule has 9 heteroatoms. The molecule has 0 saturated heterocycles. The number of benzene rings is 1. The van der Waals surface area contributed by atoms with Gasteiger partial charge in [-0.05, 0) is 44.2 Å². The van der Waals surface area contributed by atoms with Gasteiger partial charge in [-0.3, -0.25) is 9.36 Å². The van der Waals surface area contributed by atoms with E-state index in [4.69, 9.17) is 16.3 Å². The number of pyridine rings is 1. The highest BCUT2D eigenvalue weighted by molar-refractivity contribution is 6.30. The summed E-state index contributed by atoms with van der Waals surface area (Å²) in [4.78, 5) is 3.93. The molecule has 1 atom stereocenters. The molecule has 4 aromatic rings. The van der Waals surface area contributed by atoms with E-state index in [0.29, 0.717) is 34.9 Å². The maximum Gasteiger partial charge on any atom is 0.250 e. The van der Waals surface area contributed by atoms with Crippen molar-refractivity contribution in [1.82, 2.24) is 24.5 Å². The third-order valence-electron chi connectivity index (χ3n) is 5.12. The molecule has 1 aromatic carbocycles. The van der Waals surface area contributed by atoms with Gasteiger partial charge in [0.05, 0.1) is 5.69 Å². The summed E-state index contributed by atoms with van der Waals surface area (Å²) < 4.78 is 37.4. The Bertz CT molecular complexity index is 1250. The molecule has 166 valence electrons. The smallest absolute Gasteiger partial charge is 0.250 e. The zero-order chi connectivity index (χ0) is 22.8. The molecule has 4 rings (SSSR count). The van der Waals surface area contributed by atoms with Gasteiger partial charge >= 0.3 is 0 Å². The third kappa shape index (κ3) is 4.50. The van der Waals surface area contributed by atoms with Gasteiger partial charge in [0.25, 0.3) is 5.88 Å². The zero-order valence-corrected chi connectivity index (χ0v) is 18.6. The Morgan fingerprint density at radius 3 is 2.66 bits per heavy atom. The van der Waals surface area contributed by atoms with Gasteiger partial charge in [-0.15, -0.1) is 0 Å². The maximum absolute atomic E-state index is 14.2. The number of ether oxygens (including phenoxy) is 1. The molecule has 0 fully saturated rings. The van der Waals surface area contributed by atoms with E-state index in [0.717, 1.165) is 11.1 Å². The molecule has 0 amide bonds. The molecule has 3 heterocycles. The van der Waals surface area contributed by atoms with Gasteiger partial charge in [-0.1, -0.05) is 11.6 Å². The molecule has 0 aliphatic rings. The topological polar surface area (TPSA) is 57.8 Å². The molecule has 0 saturated carbocycles. The Morgan fingerprint density at radius 2 is 1.94 bits per heavy atom. The Kier molecular flexibility index (Phi) is 6.23. The predicted molar refractivity (Wildman–Crippen MR) is 118 cm³/mol. The highest BCUT2D eigenvalue weighted by Crippen LogP contribution is 2.34. The van der Waals surface area contributed by atoms with Crippen molar-refractivity contribution in [2.45, 2.75) is 32.9 Å². The number of halogens is 3. The molecule has 3 aromatic heterocycles. The number of nitrogens with zero attached hydrogens (tertiary/aromatic N) is 5. The molecule has 0 N–H and O–H groups in total. The first kappa shape index (κ1) is 22.0. The van der Waals surface area contributed by atoms with Crippen LogP contribution in [-0.2, 0) is 20.0 Å². The standard InChI is InChI=1S/C23H22ClF2N5O/c1-4-31-13-16(22(24)29-31)10-15-12-30(3)28-21(15)18-8-7-17(25)11-19(18)14(2)32-23-20(26)6-5-9-27-23/h5-9,11-14H,4,10H2,1-3H3/t14-/m1/s1. The Hall–Kier alpha value is -3.26. The van der Waals surface area contributed by atoms with Crippen LogP contribution >= 0.6 is 11.6 Å². The van der Waals surface area contributed by atoms with Crippen molar-refractivity contribution in [2.75, 3.05) is 0 Å². The fourth-order valence-electron chi connectivity index (χ4n) is 3.59. The van der Waals surface area contributed by atoms with Crippen LogP contribution in [0, 0.1) is 11.6 Å². The lowest BCUT2D eigenvalue weighted by molar-refractivity contribution is 0.206. The van der Waals surface area contributed by atoms with E-state index in [9.17, 15) is 8.78 Å². The van der Waals surface area contributed by atoms with E-state index >= 15 is 0 Å². The molecule has 0 aliphatic heterocycles. The van der Waals surface area contributed by atoms with Crippen LogP contribution in [0.1, 0.15) is 36.6 Å². The number of hydrogen-bond donors (Lipinski definition) is 0. The fourth-order valence-corrected chi connectivity index (χ4v) is 3.81. The second-order valence-electron chi connectivity index (χ2n) is 7.44. The molecule has 0 unspecified atom stereocenters. The van der Waals surface area contributed by atoms with Gasteiger partial charge in [0.1, 0.15) is 11.9 Å². The molecular weight excluding hydrogens is 436 g/mol. The van der Waals surface area contributed by atoms with Gasteiger partial charge in [0, 0.05) is 60.9 Å². The average molecular weight is 458 g/mol. The minimum Gasteiger partial charge on any atom is -0.468 e. The van der Waals surface area contributed by atoms with E-state index in [-0.39, 0.29) is 5.88 Å². The highest BCUT2D eigenvalue weighted by Gasteiger charge is 2.22. The lowest BCUT2D eigenvalue weighted by atomic mass is 9.96. The van der Waals surface area contributed by atoms with Crippen LogP contribution in [-0.4, -0.2) is 24.5 Å². The first-order valence-corrected chi connectivity index (χ1v) is 10.5. The monoisotopic (exact) mass is 457 g/mol. The number of hydrogen-bond acceptors (Lipinski definition) is 4. The van der Waals surface area contributed by atoms with Crippen LogP contribution < -0.4 is 4.74 Å². The number of aryl methyl sites for hydroxylation is 2. The fraction of sp³-hybridized carbons (Fsp3) is 0.261. The van der Waals surface area contributed by atoms with Crippen molar-refractivity contribution in [1.29, 1.82) is 0 Å². The van der Waals surface area contributed by atoms with Crippen molar-refractivity contribution < 1.29 is 13.5 Å². The summed E-state index contributed by atoms with van der Waals surface area (Å²) in [6, 6.07) is 7.14. The lowest BCUT2D eigenvalue weighted by Gasteiger charge is -2.18. The first-order chi connectivity index (χ1) is 15.4. The second-order valence-corrected chi connectivity index (χ2v) is 7.79. The molecule has 0 aliphatic carbocycles. The van der Waals surface area contributed by atoms with E-state index in [2.05, 4.69) is 15.2 Å². The molecule has 0 bridgehead atoms. The van der Waals surface area contributed by atoms with Gasteiger partial charge in [-0.2, -0.15) is 10.2 Å². The van der Waals surface area contributed by atoms with Crippen molar-refractivity contribution >= 4 is 11.6 Å². The van der Waals surface area contributed by atoms with Gasteiger partial charge < -0.3 is 4.74 Å². The highest BCUT2D eigenvalue weighted by atomic mass is 35.5. The van der Waals surface area contributed by atoms with E-state index in [1.807, 2.05) is 26.4 Å². The maximum atomic E-state index is 14.2. The average Bonchev–Trinajstić information content (AvgIpc) is 3.31. The molecule has 0 spiro atoms. The lowest BCUT2D eigenvalue weighted by Crippen LogP contribution is -2.08. The largest absolute Gasteiger partial charge is 0.468 e. The number of aromatic nitrogens is 5. The molecular formula is C23H22ClF2N5O. The van der Waals surface area contributed by atoms with E-state index in [1.54, 1.807) is 22.4 Å². The summed E-state index contributed by atoms with van der Waals surface area (Å²) >= 11 is 6.32. The van der Waals surface area contributed by atoms with E-state index < -0.39 is 17.7 Å². The van der Waals surface area contributed by atoms with Crippen molar-refractivity contribution in [3.8, 4) is 17.1 Å². The summed E-state index contributed by atoms with van der Waals surface area (Å²) in [6.45, 7) is 4.41. The van der Waals surface area contributed by atoms with Gasteiger partial charge in [0.15, 0.2) is 11.0 Å².